The molecule has 3 N–H and O–H groups in total. The lowest BCUT2D eigenvalue weighted by atomic mass is 10.1. The van der Waals surface area contributed by atoms with Crippen molar-refractivity contribution in [3.63, 3.8) is 0 Å². The molecule has 4 aromatic rings. The third-order valence-corrected chi connectivity index (χ3v) is 6.84. The summed E-state index contributed by atoms with van der Waals surface area (Å²) in [6.07, 6.45) is 0.569. The van der Waals surface area contributed by atoms with Gasteiger partial charge < -0.3 is 15.1 Å². The first kappa shape index (κ1) is 21.8. The minimum atomic E-state index is -0.231. The largest absolute Gasteiger partial charge is 0.506 e. The predicted molar refractivity (Wildman–Crippen MR) is 134 cm³/mol. The number of halogens is 2. The first-order valence-corrected chi connectivity index (χ1v) is 11.4. The Morgan fingerprint density at radius 2 is 1.90 bits per heavy atom. The van der Waals surface area contributed by atoms with Crippen molar-refractivity contribution in [1.82, 2.24) is 9.97 Å². The lowest BCUT2D eigenvalue weighted by Gasteiger charge is -2.05. The maximum Gasteiger partial charge on any atom is 0.323 e. The number of imidazole rings is 1. The number of nitrogens with one attached hydrogen (secondary N) is 2. The van der Waals surface area contributed by atoms with Gasteiger partial charge >= 0.3 is 5.69 Å². The molecule has 0 amide bonds. The Balaban J connectivity index is 1.47. The SMILES string of the molecule is CC(=NCC(=S)Cc1ccc2[nH]c(=O)[nH]c2c1)c1csc(-c2ccc(Cl)c(Cl)c2)c1O. The number of aromatic nitrogens is 2. The third-order valence-electron chi connectivity index (χ3n) is 4.81. The zero-order chi connectivity index (χ0) is 22.1. The van der Waals surface area contributed by atoms with Gasteiger partial charge in [0.15, 0.2) is 0 Å². The van der Waals surface area contributed by atoms with Gasteiger partial charge in [-0.2, -0.15) is 0 Å². The molecule has 158 valence electrons. The van der Waals surface area contributed by atoms with E-state index in [0.29, 0.717) is 39.2 Å². The lowest BCUT2D eigenvalue weighted by Crippen LogP contribution is -2.06. The van der Waals surface area contributed by atoms with Crippen molar-refractivity contribution in [2.45, 2.75) is 13.3 Å². The van der Waals surface area contributed by atoms with Gasteiger partial charge in [-0.25, -0.2) is 4.79 Å². The van der Waals surface area contributed by atoms with Crippen LogP contribution < -0.4 is 5.69 Å². The summed E-state index contributed by atoms with van der Waals surface area (Å²) in [5, 5.41) is 13.5. The minimum absolute atomic E-state index is 0.164. The highest BCUT2D eigenvalue weighted by atomic mass is 35.5. The summed E-state index contributed by atoms with van der Waals surface area (Å²) in [6.45, 7) is 2.21. The molecule has 5 nitrogen and oxygen atoms in total. The molecule has 0 saturated carbocycles. The van der Waals surface area contributed by atoms with E-state index in [1.807, 2.05) is 36.6 Å². The smallest absolute Gasteiger partial charge is 0.323 e. The Morgan fingerprint density at radius 3 is 2.68 bits per heavy atom. The van der Waals surface area contributed by atoms with Gasteiger partial charge in [-0.05, 0) is 42.3 Å². The molecule has 0 unspecified atom stereocenters. The van der Waals surface area contributed by atoms with Gasteiger partial charge in [0.1, 0.15) is 5.75 Å². The van der Waals surface area contributed by atoms with Crippen molar-refractivity contribution < 1.29 is 5.11 Å². The van der Waals surface area contributed by atoms with E-state index in [1.165, 1.54) is 11.3 Å². The number of aliphatic imine (C=N–C) groups is 1. The zero-order valence-corrected chi connectivity index (χ0v) is 19.5. The van der Waals surface area contributed by atoms with Gasteiger partial charge in [0, 0.05) is 27.9 Å². The van der Waals surface area contributed by atoms with E-state index in [9.17, 15) is 9.90 Å². The first-order valence-electron chi connectivity index (χ1n) is 9.31. The van der Waals surface area contributed by atoms with Crippen LogP contribution in [0.2, 0.25) is 10.0 Å². The van der Waals surface area contributed by atoms with Crippen molar-refractivity contribution in [1.29, 1.82) is 0 Å². The zero-order valence-electron chi connectivity index (χ0n) is 16.3. The van der Waals surface area contributed by atoms with Gasteiger partial charge in [0.05, 0.1) is 32.5 Å². The molecule has 0 spiro atoms. The maximum absolute atomic E-state index is 11.4. The van der Waals surface area contributed by atoms with E-state index in [-0.39, 0.29) is 11.4 Å². The molecule has 31 heavy (non-hydrogen) atoms. The monoisotopic (exact) mass is 489 g/mol. The summed E-state index contributed by atoms with van der Waals surface area (Å²) in [7, 11) is 0. The van der Waals surface area contributed by atoms with Crippen molar-refractivity contribution in [2.75, 3.05) is 6.54 Å². The van der Waals surface area contributed by atoms with E-state index in [2.05, 4.69) is 15.0 Å². The van der Waals surface area contributed by atoms with Crippen LogP contribution in [0.15, 0.2) is 51.6 Å². The number of aromatic amines is 2. The summed E-state index contributed by atoms with van der Waals surface area (Å²) < 4.78 is 0. The van der Waals surface area contributed by atoms with Gasteiger partial charge in [-0.3, -0.25) is 4.99 Å². The Hall–Kier alpha value is -2.45. The number of hydrogen-bond acceptors (Lipinski definition) is 5. The minimum Gasteiger partial charge on any atom is -0.506 e. The third kappa shape index (κ3) is 4.75. The highest BCUT2D eigenvalue weighted by Crippen LogP contribution is 2.40. The molecular formula is C22H17Cl2N3O2S2. The quantitative estimate of drug-likeness (QED) is 0.228. The van der Waals surface area contributed by atoms with Gasteiger partial charge in [0.25, 0.3) is 0 Å². The second-order valence-corrected chi connectivity index (χ2v) is 9.30. The first-order chi connectivity index (χ1) is 14.8. The predicted octanol–water partition coefficient (Wildman–Crippen LogP) is 6.02. The van der Waals surface area contributed by atoms with Crippen LogP contribution in [0.5, 0.6) is 5.75 Å². The van der Waals surface area contributed by atoms with Crippen molar-refractivity contribution in [3.05, 3.63) is 73.4 Å². The molecule has 0 radical (unpaired) electrons. The molecule has 2 heterocycles. The Kier molecular flexibility index (Phi) is 6.29. The average molecular weight is 490 g/mol. The van der Waals surface area contributed by atoms with Gasteiger partial charge in [0.2, 0.25) is 0 Å². The Labute approximate surface area is 197 Å². The number of aromatic hydroxyl groups is 1. The summed E-state index contributed by atoms with van der Waals surface area (Å²) >= 11 is 19.0. The van der Waals surface area contributed by atoms with Crippen LogP contribution in [-0.4, -0.2) is 32.2 Å². The normalized spacial score (nSPS) is 11.9. The fraction of sp³-hybridized carbons (Fsp3) is 0.136. The number of hydrogen-bond donors (Lipinski definition) is 3. The number of thiophene rings is 1. The van der Waals surface area contributed by atoms with Crippen LogP contribution in [0.3, 0.4) is 0 Å². The number of H-pyrrole nitrogens is 2. The van der Waals surface area contributed by atoms with E-state index in [0.717, 1.165) is 27.0 Å². The maximum atomic E-state index is 11.4. The molecule has 0 bridgehead atoms. The lowest BCUT2D eigenvalue weighted by molar-refractivity contribution is 0.478. The van der Waals surface area contributed by atoms with Gasteiger partial charge in [-0.15, -0.1) is 11.3 Å². The molecular weight excluding hydrogens is 473 g/mol. The van der Waals surface area contributed by atoms with Crippen molar-refractivity contribution >= 4 is 68.4 Å². The van der Waals surface area contributed by atoms with Crippen LogP contribution in [0.25, 0.3) is 21.5 Å². The van der Waals surface area contributed by atoms with Crippen LogP contribution in [0, 0.1) is 0 Å². The molecule has 0 saturated heterocycles. The molecule has 9 heteroatoms. The second-order valence-electron chi connectivity index (χ2n) is 7.03. The van der Waals surface area contributed by atoms with Gasteiger partial charge in [-0.1, -0.05) is 47.6 Å². The summed E-state index contributed by atoms with van der Waals surface area (Å²) in [4.78, 5) is 22.9. The summed E-state index contributed by atoms with van der Waals surface area (Å²) in [5.41, 5.74) is 4.45. The van der Waals surface area contributed by atoms with Crippen molar-refractivity contribution in [3.8, 4) is 16.2 Å². The number of benzene rings is 2. The van der Waals surface area contributed by atoms with Crippen LogP contribution in [0.4, 0.5) is 0 Å². The fourth-order valence-corrected chi connectivity index (χ4v) is 4.75. The van der Waals surface area contributed by atoms with E-state index >= 15 is 0 Å². The van der Waals surface area contributed by atoms with E-state index in [4.69, 9.17) is 35.4 Å². The molecule has 4 rings (SSSR count). The molecule has 2 aromatic carbocycles. The standard InChI is InChI=1S/C22H17Cl2N3O2S2/c1-11(15-10-31-21(20(15)28)13-3-4-16(23)17(24)8-13)25-9-14(30)6-12-2-5-18-19(7-12)27-22(29)26-18/h2-5,7-8,10,28H,6,9H2,1H3,(H2,26,27,29). The Bertz CT molecular complexity index is 1390. The fourth-order valence-electron chi connectivity index (χ4n) is 3.22. The Morgan fingerprint density at radius 1 is 1.13 bits per heavy atom. The van der Waals surface area contributed by atoms with E-state index in [1.54, 1.807) is 12.1 Å². The number of thiocarbonyl (C=S) groups is 1. The molecule has 0 fully saturated rings. The van der Waals surface area contributed by atoms with Crippen molar-refractivity contribution in [2.24, 2.45) is 4.99 Å². The van der Waals surface area contributed by atoms with Crippen LogP contribution in [-0.2, 0) is 6.42 Å². The molecule has 2 aromatic heterocycles. The number of fused-ring (bicyclic) bond motifs is 1. The average Bonchev–Trinajstić information content (AvgIpc) is 3.29. The molecule has 0 aliphatic heterocycles. The summed E-state index contributed by atoms with van der Waals surface area (Å²) in [5.74, 6) is 0.164. The highest BCUT2D eigenvalue weighted by Gasteiger charge is 2.15. The highest BCUT2D eigenvalue weighted by molar-refractivity contribution is 7.80. The molecule has 0 aliphatic carbocycles. The summed E-state index contributed by atoms with van der Waals surface area (Å²) in [6, 6.07) is 11.0. The van der Waals surface area contributed by atoms with E-state index < -0.39 is 0 Å². The van der Waals surface area contributed by atoms with Crippen LogP contribution >= 0.6 is 46.8 Å². The topological polar surface area (TPSA) is 81.2 Å². The number of nitrogens with zero attached hydrogens (tertiary/aromatic N) is 1. The molecule has 0 aliphatic rings. The number of rotatable bonds is 6. The van der Waals surface area contributed by atoms with Crippen LogP contribution in [0.1, 0.15) is 18.1 Å². The second kappa shape index (κ2) is 8.96. The molecule has 0 atom stereocenters.